The van der Waals surface area contributed by atoms with Gasteiger partial charge in [0.2, 0.25) is 0 Å². The van der Waals surface area contributed by atoms with Gasteiger partial charge in [-0.25, -0.2) is 0 Å². The number of rotatable bonds is 4. The van der Waals surface area contributed by atoms with Crippen LogP contribution in [0.4, 0.5) is 0 Å². The van der Waals surface area contributed by atoms with Crippen LogP contribution in [0.25, 0.3) is 22.0 Å². The highest BCUT2D eigenvalue weighted by atomic mass is 35.5. The maximum atomic E-state index is 6.38. The van der Waals surface area contributed by atoms with E-state index in [1.165, 1.54) is 5.69 Å². The van der Waals surface area contributed by atoms with Crippen LogP contribution in [-0.4, -0.2) is 23.0 Å². The number of aryl methyl sites for hydroxylation is 2. The van der Waals surface area contributed by atoms with Gasteiger partial charge in [-0.05, 0) is 31.2 Å². The summed E-state index contributed by atoms with van der Waals surface area (Å²) >= 11 is 12.4. The molecule has 0 aliphatic carbocycles. The molecule has 0 saturated heterocycles. The summed E-state index contributed by atoms with van der Waals surface area (Å²) in [5.41, 5.74) is 4.13. The highest BCUT2D eigenvalue weighted by Crippen LogP contribution is 2.35. The lowest BCUT2D eigenvalue weighted by Gasteiger charge is -2.06. The molecule has 3 rings (SSSR count). The molecule has 0 N–H and O–H groups in total. The van der Waals surface area contributed by atoms with Gasteiger partial charge < -0.3 is 4.99 Å². The van der Waals surface area contributed by atoms with Gasteiger partial charge in [-0.3, -0.25) is 4.68 Å². The summed E-state index contributed by atoms with van der Waals surface area (Å²) in [7, 11) is 3.77. The molecule has 23 heavy (non-hydrogen) atoms. The van der Waals surface area contributed by atoms with Crippen molar-refractivity contribution in [1.29, 1.82) is 0 Å². The minimum atomic E-state index is 0.631. The van der Waals surface area contributed by atoms with E-state index in [4.69, 9.17) is 28.3 Å². The number of aromatic nitrogens is 2. The third-order valence-electron chi connectivity index (χ3n) is 3.90. The van der Waals surface area contributed by atoms with Gasteiger partial charge in [0.15, 0.2) is 0 Å². The molecule has 0 aliphatic heterocycles. The van der Waals surface area contributed by atoms with E-state index in [9.17, 15) is 0 Å². The lowest BCUT2D eigenvalue weighted by molar-refractivity contribution is 0.721. The van der Waals surface area contributed by atoms with Gasteiger partial charge in [0, 0.05) is 46.3 Å². The first-order valence-electron chi connectivity index (χ1n) is 7.42. The molecule has 0 amide bonds. The predicted molar refractivity (Wildman–Crippen MR) is 98.9 cm³/mol. The Morgan fingerprint density at radius 3 is 2.74 bits per heavy atom. The van der Waals surface area contributed by atoms with Crippen molar-refractivity contribution in [3.8, 4) is 11.1 Å². The van der Waals surface area contributed by atoms with Crippen molar-refractivity contribution in [3.05, 3.63) is 52.1 Å². The zero-order chi connectivity index (χ0) is 16.4. The third kappa shape index (κ3) is 3.12. The molecule has 3 nitrogen and oxygen atoms in total. The molecule has 5 heteroatoms. The third-order valence-corrected chi connectivity index (χ3v) is 4.45. The van der Waals surface area contributed by atoms with E-state index in [0.717, 1.165) is 34.9 Å². The zero-order valence-corrected chi connectivity index (χ0v) is 14.6. The number of hydrogen-bond acceptors (Lipinski definition) is 2. The lowest BCUT2D eigenvalue weighted by atomic mass is 10.0. The van der Waals surface area contributed by atoms with E-state index in [0.29, 0.717) is 10.0 Å². The Morgan fingerprint density at radius 2 is 2.00 bits per heavy atom. The van der Waals surface area contributed by atoms with Crippen molar-refractivity contribution in [2.45, 2.75) is 12.8 Å². The lowest BCUT2D eigenvalue weighted by Crippen LogP contribution is -1.98. The molecule has 0 unspecified atom stereocenters. The highest BCUT2D eigenvalue weighted by molar-refractivity contribution is 6.36. The second-order valence-corrected chi connectivity index (χ2v) is 6.22. The Bertz CT molecular complexity index is 881. The summed E-state index contributed by atoms with van der Waals surface area (Å²) in [6.07, 6.45) is 3.73. The second kappa shape index (κ2) is 6.73. The number of aliphatic imine (C=N–C) groups is 1. The molecular weight excluding hydrogens is 329 g/mol. The minimum Gasteiger partial charge on any atom is -0.301 e. The smallest absolute Gasteiger partial charge is 0.100 e. The van der Waals surface area contributed by atoms with Crippen molar-refractivity contribution in [2.75, 3.05) is 7.05 Å². The maximum absolute atomic E-state index is 6.38. The standard InChI is InChI=1S/C18H17Cl2N3/c1-21-10-4-7-17-15-6-3-5-14(18(15)22-23(17)2)13-9-8-12(19)11-16(13)20/h3,5-6,8-11H,4,7H2,1-2H3. The van der Waals surface area contributed by atoms with Gasteiger partial charge in [-0.1, -0.05) is 47.5 Å². The van der Waals surface area contributed by atoms with E-state index in [1.807, 2.05) is 42.2 Å². The Hall–Kier alpha value is -1.84. The van der Waals surface area contributed by atoms with Gasteiger partial charge >= 0.3 is 0 Å². The number of fused-ring (bicyclic) bond motifs is 1. The molecule has 3 aromatic rings. The van der Waals surface area contributed by atoms with Crippen LogP contribution in [0, 0.1) is 0 Å². The first-order chi connectivity index (χ1) is 11.1. The van der Waals surface area contributed by atoms with Crippen LogP contribution in [0.2, 0.25) is 10.0 Å². The number of benzene rings is 2. The topological polar surface area (TPSA) is 30.2 Å². The fourth-order valence-electron chi connectivity index (χ4n) is 2.82. The molecule has 2 aromatic carbocycles. The average Bonchev–Trinajstić information content (AvgIpc) is 2.84. The van der Waals surface area contributed by atoms with E-state index in [1.54, 1.807) is 13.1 Å². The Balaban J connectivity index is 2.14. The summed E-state index contributed by atoms with van der Waals surface area (Å²) in [5, 5.41) is 7.13. The molecule has 0 atom stereocenters. The molecule has 0 saturated carbocycles. The Labute approximate surface area is 145 Å². The first kappa shape index (κ1) is 16.0. The van der Waals surface area contributed by atoms with Crippen molar-refractivity contribution >= 4 is 40.3 Å². The Morgan fingerprint density at radius 1 is 1.17 bits per heavy atom. The molecule has 0 fully saturated rings. The molecular formula is C18H17Cl2N3. The van der Waals surface area contributed by atoms with E-state index in [-0.39, 0.29) is 0 Å². The molecule has 0 radical (unpaired) electrons. The van der Waals surface area contributed by atoms with Crippen LogP contribution in [0.5, 0.6) is 0 Å². The zero-order valence-electron chi connectivity index (χ0n) is 13.1. The van der Waals surface area contributed by atoms with Gasteiger partial charge in [0.25, 0.3) is 0 Å². The van der Waals surface area contributed by atoms with Crippen LogP contribution in [-0.2, 0) is 13.5 Å². The van der Waals surface area contributed by atoms with Crippen molar-refractivity contribution in [1.82, 2.24) is 9.78 Å². The SMILES string of the molecule is CN=CCCc1c2cccc(-c3ccc(Cl)cc3Cl)c2nn1C. The van der Waals surface area contributed by atoms with E-state index < -0.39 is 0 Å². The van der Waals surface area contributed by atoms with Gasteiger partial charge in [0.05, 0.1) is 0 Å². The number of halogens is 2. The monoisotopic (exact) mass is 345 g/mol. The number of nitrogens with zero attached hydrogens (tertiary/aromatic N) is 3. The normalized spacial score (nSPS) is 11.7. The van der Waals surface area contributed by atoms with Crippen LogP contribution in [0.15, 0.2) is 41.4 Å². The fourth-order valence-corrected chi connectivity index (χ4v) is 3.33. The van der Waals surface area contributed by atoms with Crippen LogP contribution in [0.1, 0.15) is 12.1 Å². The van der Waals surface area contributed by atoms with Gasteiger partial charge in [0.1, 0.15) is 5.52 Å². The summed E-state index contributed by atoms with van der Waals surface area (Å²) in [4.78, 5) is 4.05. The van der Waals surface area contributed by atoms with Crippen molar-refractivity contribution in [3.63, 3.8) is 0 Å². The fraction of sp³-hybridized carbons (Fsp3) is 0.222. The van der Waals surface area contributed by atoms with Crippen molar-refractivity contribution in [2.24, 2.45) is 12.0 Å². The summed E-state index contributed by atoms with van der Waals surface area (Å²) in [6.45, 7) is 0. The second-order valence-electron chi connectivity index (χ2n) is 5.38. The largest absolute Gasteiger partial charge is 0.301 e. The highest BCUT2D eigenvalue weighted by Gasteiger charge is 2.14. The van der Waals surface area contributed by atoms with E-state index in [2.05, 4.69) is 11.1 Å². The van der Waals surface area contributed by atoms with Crippen LogP contribution < -0.4 is 0 Å². The minimum absolute atomic E-state index is 0.631. The van der Waals surface area contributed by atoms with Crippen molar-refractivity contribution < 1.29 is 0 Å². The first-order valence-corrected chi connectivity index (χ1v) is 8.18. The summed E-state index contributed by atoms with van der Waals surface area (Å²) in [6, 6.07) is 11.7. The van der Waals surface area contributed by atoms with E-state index >= 15 is 0 Å². The predicted octanol–water partition coefficient (Wildman–Crippen LogP) is 5.18. The van der Waals surface area contributed by atoms with Crippen LogP contribution in [0.3, 0.4) is 0 Å². The average molecular weight is 346 g/mol. The quantitative estimate of drug-likeness (QED) is 0.599. The number of hydrogen-bond donors (Lipinski definition) is 0. The van der Waals surface area contributed by atoms with Gasteiger partial charge in [-0.15, -0.1) is 0 Å². The Kier molecular flexibility index (Phi) is 4.69. The molecule has 1 heterocycles. The molecule has 118 valence electrons. The van der Waals surface area contributed by atoms with Crippen LogP contribution >= 0.6 is 23.2 Å². The van der Waals surface area contributed by atoms with Gasteiger partial charge in [-0.2, -0.15) is 5.10 Å². The molecule has 0 aliphatic rings. The molecule has 1 aromatic heterocycles. The summed E-state index contributed by atoms with van der Waals surface area (Å²) in [5.74, 6) is 0. The molecule has 0 spiro atoms. The molecule has 0 bridgehead atoms. The maximum Gasteiger partial charge on any atom is 0.100 e. The summed E-state index contributed by atoms with van der Waals surface area (Å²) < 4.78 is 1.95.